The van der Waals surface area contributed by atoms with Gasteiger partial charge in [-0.2, -0.15) is 0 Å². The standard InChI is InChI=1S/C27H44O3/c1-16-7-12-27(29-15-16)17(2)24-23(30-27)14-22-20-6-5-18-13-19(28)8-10-25(18,3)21(20)9-11-26(22,24)4/h16-24,28H,5-15H2,1-4H3/t16-,17+,18?,19?,20?,21?,22?,23?,24?,25+,26+,27-/m1/s1. The Balaban J connectivity index is 1.26. The lowest BCUT2D eigenvalue weighted by atomic mass is 9.44. The van der Waals surface area contributed by atoms with E-state index in [0.29, 0.717) is 34.7 Å². The van der Waals surface area contributed by atoms with Crippen molar-refractivity contribution in [3.8, 4) is 0 Å². The predicted octanol–water partition coefficient (Wildman–Crippen LogP) is 5.79. The molecule has 30 heavy (non-hydrogen) atoms. The van der Waals surface area contributed by atoms with Crippen LogP contribution in [0.15, 0.2) is 0 Å². The highest BCUT2D eigenvalue weighted by Gasteiger charge is 2.69. The monoisotopic (exact) mass is 416 g/mol. The summed E-state index contributed by atoms with van der Waals surface area (Å²) < 4.78 is 13.4. The Hall–Kier alpha value is -0.120. The van der Waals surface area contributed by atoms with Crippen LogP contribution in [-0.4, -0.2) is 29.7 Å². The number of hydrogen-bond donors (Lipinski definition) is 1. The van der Waals surface area contributed by atoms with Crippen molar-refractivity contribution in [2.24, 2.45) is 52.3 Å². The third-order valence-electron chi connectivity index (χ3n) is 11.9. The molecule has 0 bridgehead atoms. The molecule has 0 aromatic carbocycles. The molecule has 4 aliphatic carbocycles. The van der Waals surface area contributed by atoms with E-state index in [1.165, 1.54) is 44.9 Å². The lowest BCUT2D eigenvalue weighted by Gasteiger charge is -2.61. The summed E-state index contributed by atoms with van der Waals surface area (Å²) in [6.07, 6.45) is 12.9. The molecular weight excluding hydrogens is 372 g/mol. The van der Waals surface area contributed by atoms with Gasteiger partial charge >= 0.3 is 0 Å². The summed E-state index contributed by atoms with van der Waals surface area (Å²) in [5.74, 6) is 4.93. The Morgan fingerprint density at radius 2 is 1.63 bits per heavy atom. The average Bonchev–Trinajstić information content (AvgIpc) is 3.16. The van der Waals surface area contributed by atoms with Crippen molar-refractivity contribution < 1.29 is 14.6 Å². The van der Waals surface area contributed by atoms with Crippen LogP contribution in [0.5, 0.6) is 0 Å². The summed E-state index contributed by atoms with van der Waals surface area (Å²) in [7, 11) is 0. The van der Waals surface area contributed by atoms with Crippen molar-refractivity contribution in [2.45, 2.75) is 110 Å². The Labute approximate surface area is 183 Å². The number of hydrogen-bond acceptors (Lipinski definition) is 3. The molecule has 2 aliphatic heterocycles. The van der Waals surface area contributed by atoms with Gasteiger partial charge in [-0.3, -0.25) is 0 Å². The van der Waals surface area contributed by atoms with E-state index in [9.17, 15) is 5.11 Å². The number of aliphatic hydroxyl groups is 1. The summed E-state index contributed by atoms with van der Waals surface area (Å²) in [5, 5.41) is 10.3. The summed E-state index contributed by atoms with van der Waals surface area (Å²) in [4.78, 5) is 0. The largest absolute Gasteiger partial charge is 0.393 e. The molecule has 1 N–H and O–H groups in total. The minimum Gasteiger partial charge on any atom is -0.393 e. The van der Waals surface area contributed by atoms with E-state index in [1.54, 1.807) is 0 Å². The molecule has 170 valence electrons. The molecule has 3 heteroatoms. The van der Waals surface area contributed by atoms with Gasteiger partial charge in [0.1, 0.15) is 0 Å². The molecule has 7 unspecified atom stereocenters. The second-order valence-electron chi connectivity index (χ2n) is 13.1. The van der Waals surface area contributed by atoms with Crippen LogP contribution >= 0.6 is 0 Å². The lowest BCUT2D eigenvalue weighted by Crippen LogP contribution is -2.55. The SMILES string of the molecule is C[C@@H]1CC[C@@]2(OC1)OC1CC3C4CCC5CC(O)CC[C@]5(C)C4CC[C@]3(C)C1[C@@H]2C. The molecule has 3 nitrogen and oxygen atoms in total. The van der Waals surface area contributed by atoms with Crippen molar-refractivity contribution in [3.63, 3.8) is 0 Å². The zero-order valence-corrected chi connectivity index (χ0v) is 19.7. The van der Waals surface area contributed by atoms with Crippen LogP contribution in [0.4, 0.5) is 0 Å². The third-order valence-corrected chi connectivity index (χ3v) is 11.9. The maximum atomic E-state index is 10.3. The summed E-state index contributed by atoms with van der Waals surface area (Å²) >= 11 is 0. The molecule has 12 atom stereocenters. The number of fused-ring (bicyclic) bond motifs is 7. The van der Waals surface area contributed by atoms with Gasteiger partial charge in [0.05, 0.1) is 18.8 Å². The van der Waals surface area contributed by atoms with Crippen molar-refractivity contribution >= 4 is 0 Å². The molecule has 0 aromatic heterocycles. The Bertz CT molecular complexity index is 684. The molecular formula is C27H44O3. The molecule has 6 aliphatic rings. The first kappa shape index (κ1) is 20.5. The van der Waals surface area contributed by atoms with Crippen molar-refractivity contribution in [3.05, 3.63) is 0 Å². The van der Waals surface area contributed by atoms with Gasteiger partial charge in [0.2, 0.25) is 0 Å². The van der Waals surface area contributed by atoms with Crippen LogP contribution in [0.25, 0.3) is 0 Å². The van der Waals surface area contributed by atoms with Gasteiger partial charge < -0.3 is 14.6 Å². The van der Waals surface area contributed by atoms with Gasteiger partial charge in [0, 0.05) is 12.3 Å². The Morgan fingerprint density at radius 1 is 0.833 bits per heavy atom. The normalized spacial score (nSPS) is 62.5. The van der Waals surface area contributed by atoms with Gasteiger partial charge in [-0.05, 0) is 104 Å². The second kappa shape index (κ2) is 6.70. The van der Waals surface area contributed by atoms with Crippen molar-refractivity contribution in [2.75, 3.05) is 6.61 Å². The molecule has 2 saturated heterocycles. The van der Waals surface area contributed by atoms with Gasteiger partial charge in [-0.1, -0.05) is 27.7 Å². The average molecular weight is 417 g/mol. The lowest BCUT2D eigenvalue weighted by molar-refractivity contribution is -0.273. The van der Waals surface area contributed by atoms with Crippen LogP contribution in [0.3, 0.4) is 0 Å². The molecule has 0 aromatic rings. The van der Waals surface area contributed by atoms with Crippen LogP contribution in [0.2, 0.25) is 0 Å². The highest BCUT2D eigenvalue weighted by molar-refractivity contribution is 5.15. The third kappa shape index (κ3) is 2.61. The minimum absolute atomic E-state index is 0.0389. The summed E-state index contributed by atoms with van der Waals surface area (Å²) in [6.45, 7) is 10.9. The molecule has 2 heterocycles. The fraction of sp³-hybridized carbons (Fsp3) is 1.00. The van der Waals surface area contributed by atoms with E-state index >= 15 is 0 Å². The fourth-order valence-corrected chi connectivity index (χ4v) is 10.3. The maximum absolute atomic E-state index is 10.3. The van der Waals surface area contributed by atoms with E-state index < -0.39 is 0 Å². The van der Waals surface area contributed by atoms with E-state index in [4.69, 9.17) is 9.47 Å². The zero-order chi connectivity index (χ0) is 20.9. The molecule has 4 saturated carbocycles. The quantitative estimate of drug-likeness (QED) is 0.543. The van der Waals surface area contributed by atoms with Crippen LogP contribution < -0.4 is 0 Å². The van der Waals surface area contributed by atoms with Crippen LogP contribution in [0.1, 0.15) is 91.9 Å². The van der Waals surface area contributed by atoms with E-state index in [2.05, 4.69) is 27.7 Å². The fourth-order valence-electron chi connectivity index (χ4n) is 10.3. The Morgan fingerprint density at radius 3 is 2.40 bits per heavy atom. The predicted molar refractivity (Wildman–Crippen MR) is 118 cm³/mol. The van der Waals surface area contributed by atoms with Crippen LogP contribution in [-0.2, 0) is 9.47 Å². The second-order valence-corrected chi connectivity index (χ2v) is 13.1. The number of aliphatic hydroxyl groups excluding tert-OH is 1. The van der Waals surface area contributed by atoms with Crippen LogP contribution in [0, 0.1) is 52.3 Å². The highest BCUT2D eigenvalue weighted by Crippen LogP contribution is 2.71. The first-order chi connectivity index (χ1) is 14.3. The first-order valence-electron chi connectivity index (χ1n) is 13.3. The van der Waals surface area contributed by atoms with Gasteiger partial charge in [0.15, 0.2) is 5.79 Å². The molecule has 0 amide bonds. The van der Waals surface area contributed by atoms with Gasteiger partial charge in [-0.25, -0.2) is 0 Å². The van der Waals surface area contributed by atoms with E-state index in [1.807, 2.05) is 0 Å². The smallest absolute Gasteiger partial charge is 0.171 e. The number of ether oxygens (including phenoxy) is 2. The van der Waals surface area contributed by atoms with E-state index in [-0.39, 0.29) is 11.9 Å². The summed E-state index contributed by atoms with van der Waals surface area (Å²) in [6, 6.07) is 0. The highest BCUT2D eigenvalue weighted by atomic mass is 16.7. The molecule has 1 spiro atoms. The van der Waals surface area contributed by atoms with Gasteiger partial charge in [0.25, 0.3) is 0 Å². The topological polar surface area (TPSA) is 38.7 Å². The molecule has 6 rings (SSSR count). The molecule has 6 fully saturated rings. The Kier molecular flexibility index (Phi) is 4.58. The minimum atomic E-state index is -0.282. The summed E-state index contributed by atoms with van der Waals surface area (Å²) in [5.41, 5.74) is 0.899. The van der Waals surface area contributed by atoms with Crippen molar-refractivity contribution in [1.29, 1.82) is 0 Å². The molecule has 0 radical (unpaired) electrons. The number of rotatable bonds is 0. The van der Waals surface area contributed by atoms with Gasteiger partial charge in [-0.15, -0.1) is 0 Å². The van der Waals surface area contributed by atoms with Crippen molar-refractivity contribution in [1.82, 2.24) is 0 Å². The maximum Gasteiger partial charge on any atom is 0.171 e. The zero-order valence-electron chi connectivity index (χ0n) is 19.7. The van der Waals surface area contributed by atoms with E-state index in [0.717, 1.165) is 49.5 Å². The first-order valence-corrected chi connectivity index (χ1v) is 13.3.